The van der Waals surface area contributed by atoms with Gasteiger partial charge in [0, 0.05) is 23.4 Å². The average molecular weight is 292 g/mol. The van der Waals surface area contributed by atoms with Crippen LogP contribution in [0.25, 0.3) is 0 Å². The lowest BCUT2D eigenvalue weighted by Crippen LogP contribution is -2.14. The van der Waals surface area contributed by atoms with Gasteiger partial charge in [0.1, 0.15) is 16.6 Å². The molecule has 2 nitrogen and oxygen atoms in total. The predicted octanol–water partition coefficient (Wildman–Crippen LogP) is 3.52. The number of nitrogens with two attached hydrogens (primary N) is 1. The molecule has 104 valence electrons. The lowest BCUT2D eigenvalue weighted by molar-refractivity contribution is 0.587. The van der Waals surface area contributed by atoms with E-state index in [-0.39, 0.29) is 17.1 Å². The van der Waals surface area contributed by atoms with Gasteiger partial charge in [-0.25, -0.2) is 8.78 Å². The van der Waals surface area contributed by atoms with Crippen molar-refractivity contribution in [3.05, 3.63) is 64.7 Å². The van der Waals surface area contributed by atoms with Crippen molar-refractivity contribution in [1.29, 1.82) is 0 Å². The van der Waals surface area contributed by atoms with Crippen molar-refractivity contribution in [2.24, 2.45) is 5.73 Å². The van der Waals surface area contributed by atoms with Crippen LogP contribution >= 0.6 is 12.2 Å². The van der Waals surface area contributed by atoms with Crippen molar-refractivity contribution in [2.45, 2.75) is 13.5 Å². The molecule has 0 radical (unpaired) electrons. The van der Waals surface area contributed by atoms with E-state index in [2.05, 4.69) is 5.32 Å². The van der Waals surface area contributed by atoms with Gasteiger partial charge in [0.25, 0.3) is 0 Å². The van der Waals surface area contributed by atoms with Crippen LogP contribution in [0.3, 0.4) is 0 Å². The molecule has 0 unspecified atom stereocenters. The van der Waals surface area contributed by atoms with Gasteiger partial charge in [0.15, 0.2) is 0 Å². The summed E-state index contributed by atoms with van der Waals surface area (Å²) >= 11 is 4.99. The summed E-state index contributed by atoms with van der Waals surface area (Å²) in [6.07, 6.45) is 0. The van der Waals surface area contributed by atoms with E-state index in [4.69, 9.17) is 18.0 Å². The molecule has 0 fully saturated rings. The van der Waals surface area contributed by atoms with E-state index in [0.29, 0.717) is 5.56 Å². The quantitative estimate of drug-likeness (QED) is 0.847. The molecule has 5 heteroatoms. The van der Waals surface area contributed by atoms with Crippen LogP contribution in [0.4, 0.5) is 14.5 Å². The summed E-state index contributed by atoms with van der Waals surface area (Å²) in [6, 6.07) is 8.90. The third kappa shape index (κ3) is 3.11. The number of hydrogen-bond donors (Lipinski definition) is 2. The number of rotatable bonds is 4. The molecule has 2 aromatic rings. The van der Waals surface area contributed by atoms with Crippen LogP contribution in [0.2, 0.25) is 0 Å². The molecule has 20 heavy (non-hydrogen) atoms. The maximum Gasteiger partial charge on any atom is 0.128 e. The number of benzene rings is 2. The van der Waals surface area contributed by atoms with Gasteiger partial charge in [-0.3, -0.25) is 0 Å². The Labute approximate surface area is 121 Å². The normalized spacial score (nSPS) is 10.3. The summed E-state index contributed by atoms with van der Waals surface area (Å²) < 4.78 is 26.7. The van der Waals surface area contributed by atoms with E-state index in [9.17, 15) is 8.78 Å². The molecule has 0 heterocycles. The van der Waals surface area contributed by atoms with Gasteiger partial charge in [0.05, 0.1) is 0 Å². The molecule has 0 bridgehead atoms. The van der Waals surface area contributed by atoms with Gasteiger partial charge < -0.3 is 11.1 Å². The highest BCUT2D eigenvalue weighted by atomic mass is 32.1. The summed E-state index contributed by atoms with van der Waals surface area (Å²) in [7, 11) is 0. The molecular formula is C15H14F2N2S. The topological polar surface area (TPSA) is 38.0 Å². The van der Waals surface area contributed by atoms with Crippen LogP contribution in [-0.2, 0) is 6.54 Å². The van der Waals surface area contributed by atoms with E-state index in [1.165, 1.54) is 6.07 Å². The van der Waals surface area contributed by atoms with E-state index in [0.717, 1.165) is 23.4 Å². The fraction of sp³-hybridized carbons (Fsp3) is 0.133. The van der Waals surface area contributed by atoms with Crippen molar-refractivity contribution < 1.29 is 8.78 Å². The fourth-order valence-electron chi connectivity index (χ4n) is 1.97. The Morgan fingerprint density at radius 1 is 1.25 bits per heavy atom. The Morgan fingerprint density at radius 2 is 2.00 bits per heavy atom. The second kappa shape index (κ2) is 5.96. The zero-order chi connectivity index (χ0) is 14.7. The first kappa shape index (κ1) is 14.4. The SMILES string of the molecule is Cc1cccc(C(N)=S)c1NCc1cc(F)ccc1F. The molecule has 0 saturated carbocycles. The van der Waals surface area contributed by atoms with Gasteiger partial charge >= 0.3 is 0 Å². The van der Waals surface area contributed by atoms with Crippen molar-refractivity contribution in [1.82, 2.24) is 0 Å². The van der Waals surface area contributed by atoms with Gasteiger partial charge in [-0.05, 0) is 36.8 Å². The van der Waals surface area contributed by atoms with Crippen LogP contribution in [0.15, 0.2) is 36.4 Å². The summed E-state index contributed by atoms with van der Waals surface area (Å²) in [5, 5.41) is 3.07. The lowest BCUT2D eigenvalue weighted by Gasteiger charge is -2.14. The minimum atomic E-state index is -0.470. The van der Waals surface area contributed by atoms with Gasteiger partial charge in [-0.2, -0.15) is 0 Å². The second-order valence-electron chi connectivity index (χ2n) is 4.45. The molecule has 0 aromatic heterocycles. The standard InChI is InChI=1S/C15H14F2N2S/c1-9-3-2-4-12(15(18)20)14(9)19-8-10-7-11(16)5-6-13(10)17/h2-7,19H,8H2,1H3,(H2,18,20). The van der Waals surface area contributed by atoms with Crippen LogP contribution in [0.1, 0.15) is 16.7 Å². The minimum Gasteiger partial charge on any atom is -0.389 e. The predicted molar refractivity (Wildman–Crippen MR) is 80.8 cm³/mol. The first-order valence-corrected chi connectivity index (χ1v) is 6.47. The van der Waals surface area contributed by atoms with Gasteiger partial charge in [0.2, 0.25) is 0 Å². The third-order valence-corrected chi connectivity index (χ3v) is 3.22. The number of aryl methyl sites for hydroxylation is 1. The molecule has 0 amide bonds. The Morgan fingerprint density at radius 3 is 2.70 bits per heavy atom. The van der Waals surface area contributed by atoms with Crippen molar-refractivity contribution in [2.75, 3.05) is 5.32 Å². The van der Waals surface area contributed by atoms with Crippen LogP contribution in [-0.4, -0.2) is 4.99 Å². The number of thiocarbonyl (C=S) groups is 1. The number of hydrogen-bond acceptors (Lipinski definition) is 2. The molecule has 2 rings (SSSR count). The first-order chi connectivity index (χ1) is 9.49. The summed E-state index contributed by atoms with van der Waals surface area (Å²) in [6.45, 7) is 2.05. The Balaban J connectivity index is 2.27. The van der Waals surface area contributed by atoms with E-state index >= 15 is 0 Å². The Kier molecular flexibility index (Phi) is 4.29. The van der Waals surface area contributed by atoms with Gasteiger partial charge in [-0.1, -0.05) is 24.4 Å². The minimum absolute atomic E-state index is 0.157. The van der Waals surface area contributed by atoms with Crippen molar-refractivity contribution in [3.8, 4) is 0 Å². The molecule has 0 aliphatic heterocycles. The number of para-hydroxylation sites is 1. The number of anilines is 1. The monoisotopic (exact) mass is 292 g/mol. The number of halogens is 2. The molecule has 3 N–H and O–H groups in total. The first-order valence-electron chi connectivity index (χ1n) is 6.06. The highest BCUT2D eigenvalue weighted by molar-refractivity contribution is 7.80. The van der Waals surface area contributed by atoms with Gasteiger partial charge in [-0.15, -0.1) is 0 Å². The zero-order valence-corrected chi connectivity index (χ0v) is 11.7. The summed E-state index contributed by atoms with van der Waals surface area (Å²) in [5.41, 5.74) is 8.28. The van der Waals surface area contributed by atoms with Crippen LogP contribution in [0, 0.1) is 18.6 Å². The Hall–Kier alpha value is -2.01. The number of nitrogens with one attached hydrogen (secondary N) is 1. The molecule has 0 spiro atoms. The van der Waals surface area contributed by atoms with E-state index in [1.54, 1.807) is 6.07 Å². The van der Waals surface area contributed by atoms with Crippen molar-refractivity contribution >= 4 is 22.9 Å². The Bertz CT molecular complexity index is 656. The average Bonchev–Trinajstić information content (AvgIpc) is 2.40. The maximum absolute atomic E-state index is 13.6. The fourth-order valence-corrected chi connectivity index (χ4v) is 2.14. The second-order valence-corrected chi connectivity index (χ2v) is 4.89. The molecule has 2 aromatic carbocycles. The largest absolute Gasteiger partial charge is 0.389 e. The highest BCUT2D eigenvalue weighted by Crippen LogP contribution is 2.22. The van der Waals surface area contributed by atoms with Crippen LogP contribution in [0.5, 0.6) is 0 Å². The lowest BCUT2D eigenvalue weighted by atomic mass is 10.1. The van der Waals surface area contributed by atoms with Crippen molar-refractivity contribution in [3.63, 3.8) is 0 Å². The molecular weight excluding hydrogens is 278 g/mol. The van der Waals surface area contributed by atoms with E-state index < -0.39 is 11.6 Å². The van der Waals surface area contributed by atoms with E-state index in [1.807, 2.05) is 19.1 Å². The zero-order valence-electron chi connectivity index (χ0n) is 10.9. The molecule has 0 atom stereocenters. The summed E-state index contributed by atoms with van der Waals surface area (Å²) in [4.78, 5) is 0.260. The summed E-state index contributed by atoms with van der Waals surface area (Å²) in [5.74, 6) is -0.924. The smallest absolute Gasteiger partial charge is 0.128 e. The highest BCUT2D eigenvalue weighted by Gasteiger charge is 2.09. The third-order valence-electron chi connectivity index (χ3n) is 3.00. The molecule has 0 aliphatic carbocycles. The molecule has 0 aliphatic rings. The maximum atomic E-state index is 13.6. The molecule has 0 saturated heterocycles. The van der Waals surface area contributed by atoms with Crippen LogP contribution < -0.4 is 11.1 Å².